The number of alkyl halides is 3. The molecule has 0 aliphatic carbocycles. The number of rotatable bonds is 9. The first-order valence-electron chi connectivity index (χ1n) is 10.9. The Kier molecular flexibility index (Phi) is 9.10. The summed E-state index contributed by atoms with van der Waals surface area (Å²) < 4.78 is 91.8. The Hall–Kier alpha value is -1.49. The van der Waals surface area contributed by atoms with Gasteiger partial charge in [-0.15, -0.1) is 0 Å². The summed E-state index contributed by atoms with van der Waals surface area (Å²) >= 11 is 0. The Labute approximate surface area is 184 Å². The molecule has 182 valence electrons. The third-order valence-corrected chi connectivity index (χ3v) is 5.45. The van der Waals surface area contributed by atoms with Gasteiger partial charge in [-0.2, -0.15) is 13.2 Å². The van der Waals surface area contributed by atoms with Gasteiger partial charge in [-0.3, -0.25) is 0 Å². The summed E-state index contributed by atoms with van der Waals surface area (Å²) in [5, 5.41) is 0. The zero-order valence-electron chi connectivity index (χ0n) is 18.0. The van der Waals surface area contributed by atoms with Gasteiger partial charge in [0.25, 0.3) is 0 Å². The quantitative estimate of drug-likeness (QED) is 0.446. The van der Waals surface area contributed by atoms with Crippen molar-refractivity contribution in [1.29, 1.82) is 0 Å². The van der Waals surface area contributed by atoms with Gasteiger partial charge in [0.15, 0.2) is 36.6 Å². The minimum absolute atomic E-state index is 0.0369. The van der Waals surface area contributed by atoms with Crippen LogP contribution in [0.4, 0.5) is 22.0 Å². The van der Waals surface area contributed by atoms with Crippen molar-refractivity contribution in [2.75, 3.05) is 33.0 Å². The van der Waals surface area contributed by atoms with Crippen LogP contribution in [-0.2, 0) is 18.9 Å². The van der Waals surface area contributed by atoms with E-state index in [4.69, 9.17) is 18.9 Å². The monoisotopic (exact) mass is 468 g/mol. The third kappa shape index (κ3) is 7.54. The first-order valence-corrected chi connectivity index (χ1v) is 10.9. The summed E-state index contributed by atoms with van der Waals surface area (Å²) in [7, 11) is 0. The van der Waals surface area contributed by atoms with Crippen molar-refractivity contribution in [2.45, 2.75) is 57.8 Å². The second kappa shape index (κ2) is 11.6. The fraction of sp³-hybridized carbons (Fsp3) is 0.727. The van der Waals surface area contributed by atoms with E-state index in [1.807, 2.05) is 0 Å². The van der Waals surface area contributed by atoms with E-state index in [9.17, 15) is 22.0 Å². The van der Waals surface area contributed by atoms with E-state index in [2.05, 4.69) is 11.7 Å². The molecular weight excluding hydrogens is 439 g/mol. The van der Waals surface area contributed by atoms with Crippen LogP contribution >= 0.6 is 0 Å². The fourth-order valence-electron chi connectivity index (χ4n) is 3.69. The summed E-state index contributed by atoms with van der Waals surface area (Å²) in [4.78, 5) is 0. The topological polar surface area (TPSA) is 46.2 Å². The molecule has 0 bridgehead atoms. The van der Waals surface area contributed by atoms with Gasteiger partial charge >= 0.3 is 6.18 Å². The van der Waals surface area contributed by atoms with Gasteiger partial charge in [0, 0.05) is 17.4 Å². The molecule has 2 saturated heterocycles. The Morgan fingerprint density at radius 2 is 1.44 bits per heavy atom. The van der Waals surface area contributed by atoms with Crippen LogP contribution < -0.4 is 4.74 Å². The zero-order chi connectivity index (χ0) is 23.1. The molecule has 2 heterocycles. The third-order valence-electron chi connectivity index (χ3n) is 5.45. The van der Waals surface area contributed by atoms with Crippen molar-refractivity contribution >= 4 is 0 Å². The highest BCUT2D eigenvalue weighted by Gasteiger charge is 2.31. The van der Waals surface area contributed by atoms with Crippen LogP contribution in [0.1, 0.15) is 50.9 Å². The number of halogens is 5. The lowest BCUT2D eigenvalue weighted by atomic mass is 10.0. The SMILES string of the molecule is CCCCC1COC(CCC2COC(c3cc(F)c(OCC(F)(F)F)c(F)c3)OC2)OC1. The molecule has 2 aliphatic rings. The van der Waals surface area contributed by atoms with Crippen molar-refractivity contribution in [3.63, 3.8) is 0 Å². The standard InChI is InChI=1S/C22H29F5O5/c1-2-3-4-14-9-28-19(29-10-14)6-5-15-11-30-21(31-12-15)16-7-17(23)20(18(24)8-16)32-13-22(25,26)27/h7-8,14-15,19,21H,2-6,9-13H2,1H3. The molecule has 10 heteroatoms. The molecule has 2 fully saturated rings. The zero-order valence-corrected chi connectivity index (χ0v) is 18.0. The van der Waals surface area contributed by atoms with Gasteiger partial charge in [0.2, 0.25) is 0 Å². The molecule has 32 heavy (non-hydrogen) atoms. The summed E-state index contributed by atoms with van der Waals surface area (Å²) in [5.41, 5.74) is 0.0369. The second-order valence-electron chi connectivity index (χ2n) is 8.26. The summed E-state index contributed by atoms with van der Waals surface area (Å²) in [6.07, 6.45) is -1.11. The highest BCUT2D eigenvalue weighted by atomic mass is 19.4. The highest BCUT2D eigenvalue weighted by Crippen LogP contribution is 2.33. The molecule has 0 atom stereocenters. The molecule has 0 radical (unpaired) electrons. The van der Waals surface area contributed by atoms with Gasteiger partial charge in [-0.25, -0.2) is 8.78 Å². The Bertz CT molecular complexity index is 690. The van der Waals surface area contributed by atoms with Crippen molar-refractivity contribution in [2.24, 2.45) is 11.8 Å². The Balaban J connectivity index is 1.42. The second-order valence-corrected chi connectivity index (χ2v) is 8.26. The maximum atomic E-state index is 14.1. The number of unbranched alkanes of at least 4 members (excludes halogenated alkanes) is 1. The van der Waals surface area contributed by atoms with Crippen LogP contribution in [-0.4, -0.2) is 45.5 Å². The molecule has 2 aliphatic heterocycles. The van der Waals surface area contributed by atoms with Gasteiger partial charge in [0.05, 0.1) is 26.4 Å². The smallest absolute Gasteiger partial charge is 0.422 e. The van der Waals surface area contributed by atoms with Crippen LogP contribution in [0.2, 0.25) is 0 Å². The lowest BCUT2D eigenvalue weighted by Crippen LogP contribution is -2.33. The molecule has 0 spiro atoms. The van der Waals surface area contributed by atoms with E-state index >= 15 is 0 Å². The maximum absolute atomic E-state index is 14.1. The van der Waals surface area contributed by atoms with Crippen molar-refractivity contribution in [3.8, 4) is 5.75 Å². The number of hydrogen-bond donors (Lipinski definition) is 0. The van der Waals surface area contributed by atoms with E-state index in [0.717, 1.165) is 37.8 Å². The first-order chi connectivity index (χ1) is 15.2. The van der Waals surface area contributed by atoms with Crippen LogP contribution in [0.3, 0.4) is 0 Å². The van der Waals surface area contributed by atoms with Crippen molar-refractivity contribution in [1.82, 2.24) is 0 Å². The van der Waals surface area contributed by atoms with Gasteiger partial charge in [0.1, 0.15) is 0 Å². The molecule has 3 rings (SSSR count). The van der Waals surface area contributed by atoms with Crippen LogP contribution in [0.25, 0.3) is 0 Å². The van der Waals surface area contributed by atoms with Crippen molar-refractivity contribution < 1.29 is 45.6 Å². The predicted molar refractivity (Wildman–Crippen MR) is 104 cm³/mol. The molecule has 0 amide bonds. The van der Waals surface area contributed by atoms with E-state index in [0.29, 0.717) is 38.8 Å². The van der Waals surface area contributed by atoms with Gasteiger partial charge < -0.3 is 23.7 Å². The van der Waals surface area contributed by atoms with Crippen LogP contribution in [0.5, 0.6) is 5.75 Å². The molecule has 5 nitrogen and oxygen atoms in total. The molecule has 0 saturated carbocycles. The van der Waals surface area contributed by atoms with Crippen molar-refractivity contribution in [3.05, 3.63) is 29.3 Å². The average Bonchev–Trinajstić information content (AvgIpc) is 2.76. The molecule has 0 unspecified atom stereocenters. The molecule has 1 aromatic rings. The summed E-state index contributed by atoms with van der Waals surface area (Å²) in [5.74, 6) is -3.06. The number of hydrogen-bond acceptors (Lipinski definition) is 5. The molecule has 1 aromatic carbocycles. The van der Waals surface area contributed by atoms with E-state index in [1.165, 1.54) is 0 Å². The molecule has 0 N–H and O–H groups in total. The van der Waals surface area contributed by atoms with E-state index in [-0.39, 0.29) is 17.8 Å². The first kappa shape index (κ1) is 25.1. The molecular formula is C22H29F5O5. The average molecular weight is 468 g/mol. The summed E-state index contributed by atoms with van der Waals surface area (Å²) in [6, 6.07) is 1.72. The summed E-state index contributed by atoms with van der Waals surface area (Å²) in [6.45, 7) is 2.39. The van der Waals surface area contributed by atoms with Gasteiger partial charge in [-0.05, 0) is 31.4 Å². The lowest BCUT2D eigenvalue weighted by molar-refractivity contribution is -0.220. The Morgan fingerprint density at radius 3 is 2.00 bits per heavy atom. The fourth-order valence-corrected chi connectivity index (χ4v) is 3.69. The number of ether oxygens (including phenoxy) is 5. The maximum Gasteiger partial charge on any atom is 0.422 e. The van der Waals surface area contributed by atoms with Gasteiger partial charge in [-0.1, -0.05) is 19.8 Å². The normalized spacial score (nSPS) is 26.8. The number of benzene rings is 1. The van der Waals surface area contributed by atoms with Crippen LogP contribution in [0.15, 0.2) is 12.1 Å². The lowest BCUT2D eigenvalue weighted by Gasteiger charge is -2.32. The van der Waals surface area contributed by atoms with Crippen LogP contribution in [0, 0.1) is 23.5 Å². The minimum atomic E-state index is -4.70. The Morgan fingerprint density at radius 1 is 0.875 bits per heavy atom. The highest BCUT2D eigenvalue weighted by molar-refractivity contribution is 5.32. The van der Waals surface area contributed by atoms with E-state index in [1.54, 1.807) is 0 Å². The predicted octanol–water partition coefficient (Wildman–Crippen LogP) is 5.53. The minimum Gasteiger partial charge on any atom is -0.478 e. The largest absolute Gasteiger partial charge is 0.478 e. The van der Waals surface area contributed by atoms with E-state index < -0.39 is 36.5 Å². The molecule has 0 aromatic heterocycles.